The van der Waals surface area contributed by atoms with E-state index < -0.39 is 0 Å². The lowest BCUT2D eigenvalue weighted by atomic mass is 10.2. The molecule has 2 aromatic heterocycles. The van der Waals surface area contributed by atoms with Crippen molar-refractivity contribution < 1.29 is 0 Å². The van der Waals surface area contributed by atoms with Gasteiger partial charge in [0.05, 0.1) is 10.5 Å². The molecule has 0 amide bonds. The zero-order valence-electron chi connectivity index (χ0n) is 12.4. The standard InChI is InChI=1S/C16H8Cl3N5S/c17-10-3-1-9(12(18)6-10)7-20-16-24-23-15(25-16)8-2-4-11-13(5-8)21-22-14(11)19/h1-7H,(H,21,22)/b20-7+. The normalized spacial score (nSPS) is 11.6. The first-order chi connectivity index (χ1) is 12.1. The largest absolute Gasteiger partial charge is 0.266 e. The molecular formula is C16H8Cl3N5S. The van der Waals surface area contributed by atoms with Gasteiger partial charge in [-0.3, -0.25) is 5.10 Å². The Morgan fingerprint density at radius 2 is 1.92 bits per heavy atom. The van der Waals surface area contributed by atoms with Crippen LogP contribution >= 0.6 is 46.1 Å². The molecule has 0 radical (unpaired) electrons. The maximum atomic E-state index is 6.13. The molecule has 0 aliphatic heterocycles. The summed E-state index contributed by atoms with van der Waals surface area (Å²) in [7, 11) is 0. The number of aliphatic imine (C=N–C) groups is 1. The Labute approximate surface area is 161 Å². The van der Waals surface area contributed by atoms with Crippen LogP contribution in [-0.4, -0.2) is 26.6 Å². The number of rotatable bonds is 3. The van der Waals surface area contributed by atoms with Gasteiger partial charge in [0, 0.05) is 27.8 Å². The summed E-state index contributed by atoms with van der Waals surface area (Å²) in [5.74, 6) is 0. The van der Waals surface area contributed by atoms with E-state index in [9.17, 15) is 0 Å². The summed E-state index contributed by atoms with van der Waals surface area (Å²) in [4.78, 5) is 4.33. The van der Waals surface area contributed by atoms with Crippen molar-refractivity contribution in [3.05, 3.63) is 57.2 Å². The van der Waals surface area contributed by atoms with Crippen LogP contribution in [0.25, 0.3) is 21.5 Å². The first-order valence-electron chi connectivity index (χ1n) is 7.07. The van der Waals surface area contributed by atoms with E-state index in [0.29, 0.717) is 20.3 Å². The van der Waals surface area contributed by atoms with Gasteiger partial charge in [0.2, 0.25) is 5.13 Å². The molecule has 2 heterocycles. The van der Waals surface area contributed by atoms with Gasteiger partial charge in [-0.05, 0) is 24.3 Å². The number of nitrogens with one attached hydrogen (secondary N) is 1. The van der Waals surface area contributed by atoms with Gasteiger partial charge < -0.3 is 0 Å². The van der Waals surface area contributed by atoms with Crippen molar-refractivity contribution in [3.63, 3.8) is 0 Å². The van der Waals surface area contributed by atoms with Gasteiger partial charge in [-0.25, -0.2) is 4.99 Å². The van der Waals surface area contributed by atoms with E-state index in [4.69, 9.17) is 34.8 Å². The van der Waals surface area contributed by atoms with E-state index in [-0.39, 0.29) is 0 Å². The first-order valence-corrected chi connectivity index (χ1v) is 9.02. The summed E-state index contributed by atoms with van der Waals surface area (Å²) < 4.78 is 0. The van der Waals surface area contributed by atoms with Crippen LogP contribution < -0.4 is 0 Å². The van der Waals surface area contributed by atoms with Crippen LogP contribution in [0.4, 0.5) is 5.13 Å². The molecule has 0 saturated carbocycles. The predicted molar refractivity (Wildman–Crippen MR) is 104 cm³/mol. The third-order valence-electron chi connectivity index (χ3n) is 3.45. The number of fused-ring (bicyclic) bond motifs is 1. The summed E-state index contributed by atoms with van der Waals surface area (Å²) in [6.45, 7) is 0. The summed E-state index contributed by atoms with van der Waals surface area (Å²) in [6.07, 6.45) is 1.64. The lowest BCUT2D eigenvalue weighted by molar-refractivity contribution is 1.09. The highest BCUT2D eigenvalue weighted by molar-refractivity contribution is 7.18. The van der Waals surface area contributed by atoms with Crippen molar-refractivity contribution in [1.82, 2.24) is 20.4 Å². The number of aromatic nitrogens is 4. The number of hydrogen-bond donors (Lipinski definition) is 1. The number of hydrogen-bond acceptors (Lipinski definition) is 5. The predicted octanol–water partition coefficient (Wildman–Crippen LogP) is 5.79. The van der Waals surface area contributed by atoms with Crippen LogP contribution in [0.15, 0.2) is 41.4 Å². The quantitative estimate of drug-likeness (QED) is 0.436. The molecule has 0 atom stereocenters. The summed E-state index contributed by atoms with van der Waals surface area (Å²) >= 11 is 19.4. The van der Waals surface area contributed by atoms with Crippen molar-refractivity contribution in [3.8, 4) is 10.6 Å². The Morgan fingerprint density at radius 1 is 1.04 bits per heavy atom. The second-order valence-corrected chi connectivity index (χ2v) is 7.26. The number of benzene rings is 2. The highest BCUT2D eigenvalue weighted by Crippen LogP contribution is 2.31. The maximum absolute atomic E-state index is 6.13. The lowest BCUT2D eigenvalue weighted by Gasteiger charge is -1.97. The fourth-order valence-corrected chi connectivity index (χ4v) is 3.57. The second kappa shape index (κ2) is 6.72. The average Bonchev–Trinajstić information content (AvgIpc) is 3.21. The highest BCUT2D eigenvalue weighted by atomic mass is 35.5. The van der Waals surface area contributed by atoms with Gasteiger partial charge in [0.25, 0.3) is 0 Å². The van der Waals surface area contributed by atoms with Crippen molar-refractivity contribution in [2.75, 3.05) is 0 Å². The van der Waals surface area contributed by atoms with Crippen molar-refractivity contribution in [2.45, 2.75) is 0 Å². The Hall–Kier alpha value is -1.99. The molecule has 0 spiro atoms. The zero-order chi connectivity index (χ0) is 17.4. The fourth-order valence-electron chi connectivity index (χ4n) is 2.23. The molecule has 0 aliphatic carbocycles. The molecular weight excluding hydrogens is 401 g/mol. The van der Waals surface area contributed by atoms with E-state index in [1.165, 1.54) is 11.3 Å². The summed E-state index contributed by atoms with van der Waals surface area (Å²) in [5, 5.41) is 18.9. The molecule has 0 bridgehead atoms. The lowest BCUT2D eigenvalue weighted by Crippen LogP contribution is -1.82. The third-order valence-corrected chi connectivity index (χ3v) is 5.18. The zero-order valence-corrected chi connectivity index (χ0v) is 15.5. The van der Waals surface area contributed by atoms with Crippen LogP contribution in [0.1, 0.15) is 5.56 Å². The smallest absolute Gasteiger partial charge is 0.231 e. The van der Waals surface area contributed by atoms with E-state index in [0.717, 1.165) is 27.0 Å². The maximum Gasteiger partial charge on any atom is 0.231 e. The summed E-state index contributed by atoms with van der Waals surface area (Å²) in [5.41, 5.74) is 2.44. The molecule has 25 heavy (non-hydrogen) atoms. The number of aromatic amines is 1. The molecule has 0 fully saturated rings. The van der Waals surface area contributed by atoms with Crippen LogP contribution in [-0.2, 0) is 0 Å². The number of nitrogens with zero attached hydrogens (tertiary/aromatic N) is 4. The number of halogens is 3. The van der Waals surface area contributed by atoms with E-state index in [1.54, 1.807) is 24.4 Å². The van der Waals surface area contributed by atoms with E-state index in [2.05, 4.69) is 25.4 Å². The highest BCUT2D eigenvalue weighted by Gasteiger charge is 2.09. The molecule has 5 nitrogen and oxygen atoms in total. The van der Waals surface area contributed by atoms with Gasteiger partial charge in [-0.2, -0.15) is 5.10 Å². The van der Waals surface area contributed by atoms with Gasteiger partial charge in [-0.1, -0.05) is 58.3 Å². The third kappa shape index (κ3) is 3.39. The monoisotopic (exact) mass is 407 g/mol. The summed E-state index contributed by atoms with van der Waals surface area (Å²) in [6, 6.07) is 10.9. The van der Waals surface area contributed by atoms with Crippen LogP contribution in [0.5, 0.6) is 0 Å². The fraction of sp³-hybridized carbons (Fsp3) is 0. The molecule has 0 unspecified atom stereocenters. The molecule has 2 aromatic carbocycles. The number of H-pyrrole nitrogens is 1. The first kappa shape index (κ1) is 16.5. The van der Waals surface area contributed by atoms with Crippen LogP contribution in [0.3, 0.4) is 0 Å². The second-order valence-electron chi connectivity index (χ2n) is 5.08. The van der Waals surface area contributed by atoms with Crippen molar-refractivity contribution in [1.29, 1.82) is 0 Å². The van der Waals surface area contributed by atoms with Gasteiger partial charge in [0.1, 0.15) is 10.2 Å². The van der Waals surface area contributed by atoms with E-state index in [1.807, 2.05) is 18.2 Å². The molecule has 4 rings (SSSR count). The molecule has 0 saturated heterocycles. The Morgan fingerprint density at radius 3 is 2.76 bits per heavy atom. The molecule has 0 aliphatic rings. The topological polar surface area (TPSA) is 66.8 Å². The molecule has 124 valence electrons. The van der Waals surface area contributed by atoms with Crippen molar-refractivity contribution >= 4 is 68.4 Å². The Balaban J connectivity index is 1.61. The minimum atomic E-state index is 0.518. The van der Waals surface area contributed by atoms with Crippen LogP contribution in [0, 0.1) is 0 Å². The van der Waals surface area contributed by atoms with Gasteiger partial charge in [-0.15, -0.1) is 10.2 Å². The van der Waals surface area contributed by atoms with E-state index >= 15 is 0 Å². The Kier molecular flexibility index (Phi) is 4.43. The minimum Gasteiger partial charge on any atom is -0.266 e. The SMILES string of the molecule is Clc1ccc(/C=N/c2nnc(-c3ccc4c(Cl)[nH]nc4c3)s2)c(Cl)c1. The average molecular weight is 409 g/mol. The molecule has 1 N–H and O–H groups in total. The van der Waals surface area contributed by atoms with Crippen molar-refractivity contribution in [2.24, 2.45) is 4.99 Å². The Bertz CT molecular complexity index is 1100. The molecule has 4 aromatic rings. The van der Waals surface area contributed by atoms with Gasteiger partial charge >= 0.3 is 0 Å². The molecule has 9 heteroatoms. The van der Waals surface area contributed by atoms with Gasteiger partial charge in [0.15, 0.2) is 0 Å². The minimum absolute atomic E-state index is 0.518. The van der Waals surface area contributed by atoms with Crippen LogP contribution in [0.2, 0.25) is 15.2 Å².